The minimum Gasteiger partial charge on any atom is -0.339 e. The van der Waals surface area contributed by atoms with Crippen LogP contribution in [0.3, 0.4) is 0 Å². The van der Waals surface area contributed by atoms with E-state index in [-0.39, 0.29) is 17.6 Å². The van der Waals surface area contributed by atoms with Gasteiger partial charge in [-0.05, 0) is 56.0 Å². The number of hydrogen-bond acceptors (Lipinski definition) is 5. The third-order valence-electron chi connectivity index (χ3n) is 6.73. The molecule has 0 saturated carbocycles. The summed E-state index contributed by atoms with van der Waals surface area (Å²) in [7, 11) is -3.16. The average Bonchev–Trinajstić information content (AvgIpc) is 2.89. The van der Waals surface area contributed by atoms with Crippen LogP contribution >= 0.6 is 0 Å². The zero-order chi connectivity index (χ0) is 24.8. The third kappa shape index (κ3) is 6.28. The Morgan fingerprint density at radius 3 is 2.31 bits per heavy atom. The molecule has 0 radical (unpaired) electrons. The van der Waals surface area contributed by atoms with Crippen molar-refractivity contribution in [1.29, 1.82) is 0 Å². The summed E-state index contributed by atoms with van der Waals surface area (Å²) in [6.07, 6.45) is 3.17. The van der Waals surface area contributed by atoms with Crippen LogP contribution in [-0.2, 0) is 16.6 Å². The van der Waals surface area contributed by atoms with Crippen LogP contribution in [0.25, 0.3) is 0 Å². The summed E-state index contributed by atoms with van der Waals surface area (Å²) >= 11 is 0. The van der Waals surface area contributed by atoms with Crippen molar-refractivity contribution in [2.75, 3.05) is 50.3 Å². The van der Waals surface area contributed by atoms with Gasteiger partial charge in [-0.1, -0.05) is 24.3 Å². The Kier molecular flexibility index (Phi) is 8.20. The molecule has 2 amide bonds. The van der Waals surface area contributed by atoms with Crippen LogP contribution in [0.2, 0.25) is 0 Å². The fourth-order valence-electron chi connectivity index (χ4n) is 4.66. The zero-order valence-electron chi connectivity index (χ0n) is 20.3. The average molecular weight is 499 g/mol. The quantitative estimate of drug-likeness (QED) is 0.634. The Balaban J connectivity index is 1.40. The number of hydrogen-bond donors (Lipinski definition) is 1. The van der Waals surface area contributed by atoms with Crippen molar-refractivity contribution in [1.82, 2.24) is 14.1 Å². The van der Waals surface area contributed by atoms with E-state index in [1.807, 2.05) is 35.2 Å². The number of anilines is 1. The number of piperazine rings is 1. The first-order valence-electron chi connectivity index (χ1n) is 12.4. The van der Waals surface area contributed by atoms with E-state index in [0.29, 0.717) is 49.5 Å². The molecule has 0 aliphatic carbocycles. The molecule has 2 aliphatic rings. The number of carbonyl (C=O) groups is 2. The molecule has 2 fully saturated rings. The summed E-state index contributed by atoms with van der Waals surface area (Å²) in [6.45, 7) is 6.09. The molecule has 4 rings (SSSR count). The SMILES string of the molecule is CCS(=O)(=O)N1CCN(Cc2cccc(C(=O)Nc3ccccc3C(=O)N3CCCCC3)c2)CC1. The molecular weight excluding hydrogens is 464 g/mol. The van der Waals surface area contributed by atoms with E-state index < -0.39 is 10.0 Å². The van der Waals surface area contributed by atoms with Gasteiger partial charge in [-0.15, -0.1) is 0 Å². The number of likely N-dealkylation sites (tertiary alicyclic amines) is 1. The largest absolute Gasteiger partial charge is 0.339 e. The first-order chi connectivity index (χ1) is 16.9. The number of rotatable bonds is 7. The highest BCUT2D eigenvalue weighted by Crippen LogP contribution is 2.21. The lowest BCUT2D eigenvalue weighted by molar-refractivity contribution is 0.0725. The highest BCUT2D eigenvalue weighted by atomic mass is 32.2. The first-order valence-corrected chi connectivity index (χ1v) is 14.0. The number of carbonyl (C=O) groups excluding carboxylic acids is 2. The zero-order valence-corrected chi connectivity index (χ0v) is 21.1. The number of benzene rings is 2. The molecule has 188 valence electrons. The Labute approximate surface area is 207 Å². The normalized spacial score (nSPS) is 17.8. The maximum Gasteiger partial charge on any atom is 0.255 e. The van der Waals surface area contributed by atoms with Gasteiger partial charge in [0.25, 0.3) is 11.8 Å². The third-order valence-corrected chi connectivity index (χ3v) is 8.62. The number of nitrogens with one attached hydrogen (secondary N) is 1. The number of piperidine rings is 1. The standard InChI is InChI=1S/C26H34N4O4S/c1-2-35(33,34)30-17-15-28(16-18-30)20-21-9-8-10-22(19-21)25(31)27-24-12-5-4-11-23(24)26(32)29-13-6-3-7-14-29/h4-5,8-12,19H,2-3,6-7,13-18,20H2,1H3,(H,27,31). The molecule has 1 N–H and O–H groups in total. The van der Waals surface area contributed by atoms with E-state index in [1.54, 1.807) is 29.4 Å². The Morgan fingerprint density at radius 1 is 0.886 bits per heavy atom. The summed E-state index contributed by atoms with van der Waals surface area (Å²) in [5.74, 6) is -0.181. The lowest BCUT2D eigenvalue weighted by Crippen LogP contribution is -2.48. The van der Waals surface area contributed by atoms with Crippen molar-refractivity contribution >= 4 is 27.5 Å². The van der Waals surface area contributed by atoms with Crippen LogP contribution in [0.5, 0.6) is 0 Å². The van der Waals surface area contributed by atoms with Crippen molar-refractivity contribution < 1.29 is 18.0 Å². The summed E-state index contributed by atoms with van der Waals surface area (Å²) in [5, 5.41) is 2.93. The second-order valence-corrected chi connectivity index (χ2v) is 11.4. The van der Waals surface area contributed by atoms with Crippen LogP contribution in [0.1, 0.15) is 52.5 Å². The second kappa shape index (κ2) is 11.3. The van der Waals surface area contributed by atoms with Crippen molar-refractivity contribution in [3.05, 3.63) is 65.2 Å². The molecule has 0 spiro atoms. The van der Waals surface area contributed by atoms with Crippen LogP contribution < -0.4 is 5.32 Å². The fourth-order valence-corrected chi connectivity index (χ4v) is 5.74. The molecule has 2 saturated heterocycles. The van der Waals surface area contributed by atoms with Crippen LogP contribution in [0.4, 0.5) is 5.69 Å². The van der Waals surface area contributed by atoms with Gasteiger partial charge in [-0.25, -0.2) is 8.42 Å². The predicted molar refractivity (Wildman–Crippen MR) is 137 cm³/mol. The minimum atomic E-state index is -3.16. The van der Waals surface area contributed by atoms with Gasteiger partial charge < -0.3 is 10.2 Å². The lowest BCUT2D eigenvalue weighted by Gasteiger charge is -2.33. The number of nitrogens with zero attached hydrogens (tertiary/aromatic N) is 3. The second-order valence-electron chi connectivity index (χ2n) is 9.13. The summed E-state index contributed by atoms with van der Waals surface area (Å²) < 4.78 is 25.7. The minimum absolute atomic E-state index is 0.0430. The van der Waals surface area contributed by atoms with E-state index in [4.69, 9.17) is 0 Å². The molecule has 9 heteroatoms. The number of amides is 2. The van der Waals surface area contributed by atoms with Gasteiger partial charge in [0, 0.05) is 51.4 Å². The molecule has 8 nitrogen and oxygen atoms in total. The van der Waals surface area contributed by atoms with Crippen molar-refractivity contribution in [3.8, 4) is 0 Å². The predicted octanol–water partition coefficient (Wildman–Crippen LogP) is 3.03. The maximum absolute atomic E-state index is 13.1. The summed E-state index contributed by atoms with van der Waals surface area (Å²) in [5.41, 5.74) is 2.54. The summed E-state index contributed by atoms with van der Waals surface area (Å²) in [4.78, 5) is 30.2. The van der Waals surface area contributed by atoms with Gasteiger partial charge >= 0.3 is 0 Å². The molecule has 0 bridgehead atoms. The van der Waals surface area contributed by atoms with Gasteiger partial charge in [0.1, 0.15) is 0 Å². The molecule has 2 heterocycles. The highest BCUT2D eigenvalue weighted by molar-refractivity contribution is 7.89. The molecular formula is C26H34N4O4S. The number of para-hydroxylation sites is 1. The topological polar surface area (TPSA) is 90.0 Å². The molecule has 0 aromatic heterocycles. The lowest BCUT2D eigenvalue weighted by atomic mass is 10.1. The molecule has 35 heavy (non-hydrogen) atoms. The van der Waals surface area contributed by atoms with E-state index >= 15 is 0 Å². The summed E-state index contributed by atoms with van der Waals surface area (Å²) in [6, 6.07) is 14.6. The van der Waals surface area contributed by atoms with Gasteiger partial charge in [0.05, 0.1) is 17.0 Å². The van der Waals surface area contributed by atoms with E-state index in [9.17, 15) is 18.0 Å². The van der Waals surface area contributed by atoms with E-state index in [2.05, 4.69) is 10.2 Å². The molecule has 0 unspecified atom stereocenters. The molecule has 2 aliphatic heterocycles. The maximum atomic E-state index is 13.1. The van der Waals surface area contributed by atoms with Gasteiger partial charge in [-0.2, -0.15) is 4.31 Å². The monoisotopic (exact) mass is 498 g/mol. The van der Waals surface area contributed by atoms with Crippen LogP contribution in [0.15, 0.2) is 48.5 Å². The molecule has 2 aromatic rings. The van der Waals surface area contributed by atoms with Crippen LogP contribution in [-0.4, -0.2) is 79.4 Å². The van der Waals surface area contributed by atoms with Crippen molar-refractivity contribution in [3.63, 3.8) is 0 Å². The van der Waals surface area contributed by atoms with E-state index in [0.717, 1.165) is 37.9 Å². The Hall–Kier alpha value is -2.75. The first kappa shape index (κ1) is 25.3. The molecule has 2 aromatic carbocycles. The van der Waals surface area contributed by atoms with E-state index in [1.165, 1.54) is 0 Å². The van der Waals surface area contributed by atoms with Crippen molar-refractivity contribution in [2.45, 2.75) is 32.7 Å². The smallest absolute Gasteiger partial charge is 0.255 e. The fraction of sp³-hybridized carbons (Fsp3) is 0.462. The van der Waals surface area contributed by atoms with Crippen LogP contribution in [0, 0.1) is 0 Å². The highest BCUT2D eigenvalue weighted by Gasteiger charge is 2.25. The number of sulfonamides is 1. The molecule has 0 atom stereocenters. The van der Waals surface area contributed by atoms with Gasteiger partial charge in [0.15, 0.2) is 0 Å². The van der Waals surface area contributed by atoms with Gasteiger partial charge in [0.2, 0.25) is 10.0 Å². The Morgan fingerprint density at radius 2 is 1.60 bits per heavy atom. The van der Waals surface area contributed by atoms with Crippen molar-refractivity contribution in [2.24, 2.45) is 0 Å². The Bertz CT molecular complexity index is 1150. The van der Waals surface area contributed by atoms with Gasteiger partial charge in [-0.3, -0.25) is 14.5 Å².